The number of hydrogen-bond donors (Lipinski definition) is 1. The van der Waals surface area contributed by atoms with Crippen LogP contribution in [0.2, 0.25) is 0 Å². The van der Waals surface area contributed by atoms with Gasteiger partial charge in [-0.25, -0.2) is 0 Å². The van der Waals surface area contributed by atoms with Crippen LogP contribution in [-0.4, -0.2) is 36.4 Å². The van der Waals surface area contributed by atoms with E-state index in [1.54, 1.807) is 6.07 Å². The maximum absolute atomic E-state index is 12.7. The normalized spacial score (nSPS) is 35.9. The van der Waals surface area contributed by atoms with Gasteiger partial charge in [-0.05, 0) is 23.5 Å². The maximum Gasteiger partial charge on any atom is 0.416 e. The molecule has 3 aliphatic rings. The van der Waals surface area contributed by atoms with Gasteiger partial charge in [0, 0.05) is 25.7 Å². The highest BCUT2D eigenvalue weighted by Gasteiger charge is 2.59. The van der Waals surface area contributed by atoms with Crippen LogP contribution in [0.5, 0.6) is 0 Å². The van der Waals surface area contributed by atoms with Crippen molar-refractivity contribution in [1.82, 2.24) is 10.2 Å². The molecule has 0 spiro atoms. The van der Waals surface area contributed by atoms with Gasteiger partial charge in [0.25, 0.3) is 0 Å². The van der Waals surface area contributed by atoms with Crippen LogP contribution in [0.15, 0.2) is 36.9 Å². The zero-order valence-electron chi connectivity index (χ0n) is 12.6. The molecule has 0 amide bonds. The van der Waals surface area contributed by atoms with Crippen LogP contribution in [0.4, 0.5) is 13.2 Å². The minimum Gasteiger partial charge on any atom is -0.349 e. The molecule has 124 valence electrons. The Morgan fingerprint density at radius 2 is 2.04 bits per heavy atom. The van der Waals surface area contributed by atoms with Crippen molar-refractivity contribution in [3.63, 3.8) is 0 Å². The van der Waals surface area contributed by atoms with Crippen molar-refractivity contribution in [3.05, 3.63) is 48.0 Å². The van der Waals surface area contributed by atoms with E-state index in [1.165, 1.54) is 12.1 Å². The lowest BCUT2D eigenvalue weighted by Gasteiger charge is -2.17. The summed E-state index contributed by atoms with van der Waals surface area (Å²) in [4.78, 5) is 2.34. The highest BCUT2D eigenvalue weighted by atomic mass is 19.4. The molecular weight excluding hydrogens is 305 g/mol. The average Bonchev–Trinajstić information content (AvgIpc) is 3.40. The van der Waals surface area contributed by atoms with Crippen molar-refractivity contribution in [2.45, 2.75) is 31.1 Å². The average molecular weight is 324 g/mol. The predicted molar refractivity (Wildman–Crippen MR) is 79.5 cm³/mol. The van der Waals surface area contributed by atoms with Crippen molar-refractivity contribution in [1.29, 1.82) is 0 Å². The van der Waals surface area contributed by atoms with Crippen molar-refractivity contribution in [2.75, 3.05) is 13.1 Å². The SMILES string of the molecule is C=CC1OC1N1C[C@@H]2[C@H](C1)[C@H]2NCc1cccc(C(F)(F)F)c1. The van der Waals surface area contributed by atoms with Crippen molar-refractivity contribution in [2.24, 2.45) is 11.8 Å². The molecule has 1 aliphatic carbocycles. The molecular formula is C17H19F3N2O. The molecule has 2 unspecified atom stereocenters. The number of hydrogen-bond acceptors (Lipinski definition) is 3. The number of nitrogens with zero attached hydrogens (tertiary/aromatic N) is 1. The first-order valence-electron chi connectivity index (χ1n) is 7.89. The van der Waals surface area contributed by atoms with E-state index in [9.17, 15) is 13.2 Å². The third-order valence-corrected chi connectivity index (χ3v) is 5.11. The van der Waals surface area contributed by atoms with E-state index in [-0.39, 0.29) is 12.3 Å². The molecule has 2 saturated heterocycles. The van der Waals surface area contributed by atoms with Gasteiger partial charge in [0.2, 0.25) is 0 Å². The van der Waals surface area contributed by atoms with Crippen LogP contribution < -0.4 is 5.32 Å². The third kappa shape index (κ3) is 2.91. The molecule has 1 N–H and O–H groups in total. The Bertz CT molecular complexity index is 606. The van der Waals surface area contributed by atoms with Gasteiger partial charge in [-0.1, -0.05) is 24.3 Å². The van der Waals surface area contributed by atoms with E-state index in [4.69, 9.17) is 4.74 Å². The van der Waals surface area contributed by atoms with Crippen LogP contribution in [0.1, 0.15) is 11.1 Å². The van der Waals surface area contributed by atoms with Gasteiger partial charge in [0.15, 0.2) is 0 Å². The van der Waals surface area contributed by atoms with E-state index < -0.39 is 11.7 Å². The molecule has 1 saturated carbocycles. The fourth-order valence-electron chi connectivity index (χ4n) is 3.74. The summed E-state index contributed by atoms with van der Waals surface area (Å²) in [5, 5.41) is 3.40. The number of alkyl halides is 3. The minimum atomic E-state index is -4.28. The predicted octanol–water partition coefficient (Wildman–Crippen LogP) is 2.64. The van der Waals surface area contributed by atoms with Gasteiger partial charge in [-0.3, -0.25) is 4.90 Å². The summed E-state index contributed by atoms with van der Waals surface area (Å²) >= 11 is 0. The monoisotopic (exact) mass is 324 g/mol. The Hall–Kier alpha value is -1.37. The van der Waals surface area contributed by atoms with E-state index in [2.05, 4.69) is 16.8 Å². The summed E-state index contributed by atoms with van der Waals surface area (Å²) in [7, 11) is 0. The molecule has 2 heterocycles. The number of piperidine rings is 1. The largest absolute Gasteiger partial charge is 0.416 e. The summed E-state index contributed by atoms with van der Waals surface area (Å²) in [6.07, 6.45) is -2.08. The van der Waals surface area contributed by atoms with Crippen LogP contribution >= 0.6 is 0 Å². The summed E-state index contributed by atoms with van der Waals surface area (Å²) < 4.78 is 43.6. The van der Waals surface area contributed by atoms with E-state index in [1.807, 2.05) is 6.08 Å². The second-order valence-electron chi connectivity index (χ2n) is 6.61. The first kappa shape index (κ1) is 15.2. The second-order valence-corrected chi connectivity index (χ2v) is 6.61. The number of benzene rings is 1. The van der Waals surface area contributed by atoms with Crippen LogP contribution in [-0.2, 0) is 17.5 Å². The molecule has 1 aromatic carbocycles. The first-order chi connectivity index (χ1) is 11.0. The number of rotatable bonds is 5. The third-order valence-electron chi connectivity index (χ3n) is 5.11. The minimum absolute atomic E-state index is 0.170. The van der Waals surface area contributed by atoms with Crippen molar-refractivity contribution in [3.8, 4) is 0 Å². The molecule has 23 heavy (non-hydrogen) atoms. The number of likely N-dealkylation sites (tertiary alicyclic amines) is 1. The number of ether oxygens (including phenoxy) is 1. The highest BCUT2D eigenvalue weighted by Crippen LogP contribution is 2.48. The topological polar surface area (TPSA) is 27.8 Å². The number of halogens is 3. The fraction of sp³-hybridized carbons (Fsp3) is 0.529. The first-order valence-corrected chi connectivity index (χ1v) is 7.89. The standard InChI is InChI=1S/C17H19F3N2O/c1-2-14-16(23-14)22-8-12-13(9-22)15(12)21-7-10-4-3-5-11(6-10)17(18,19)20/h2-6,12-16,21H,1,7-9H2/t12-,13+,14?,15+,16?. The Labute approximate surface area is 133 Å². The molecule has 3 fully saturated rings. The van der Waals surface area contributed by atoms with Crippen LogP contribution in [0, 0.1) is 11.8 Å². The van der Waals surface area contributed by atoms with Gasteiger partial charge in [0.05, 0.1) is 5.56 Å². The van der Waals surface area contributed by atoms with E-state index in [0.717, 1.165) is 19.2 Å². The molecule has 5 atom stereocenters. The Balaban J connectivity index is 1.27. The molecule has 0 radical (unpaired) electrons. The van der Waals surface area contributed by atoms with Gasteiger partial charge >= 0.3 is 6.18 Å². The molecule has 3 nitrogen and oxygen atoms in total. The fourth-order valence-corrected chi connectivity index (χ4v) is 3.74. The van der Waals surface area contributed by atoms with Gasteiger partial charge in [-0.15, -0.1) is 6.58 Å². The van der Waals surface area contributed by atoms with Crippen LogP contribution in [0.3, 0.4) is 0 Å². The van der Waals surface area contributed by atoms with E-state index in [0.29, 0.717) is 30.0 Å². The lowest BCUT2D eigenvalue weighted by atomic mass is 10.1. The molecule has 1 aromatic rings. The second kappa shape index (κ2) is 5.33. The molecule has 0 aromatic heterocycles. The maximum atomic E-state index is 12.7. The zero-order valence-corrected chi connectivity index (χ0v) is 12.6. The summed E-state index contributed by atoms with van der Waals surface area (Å²) in [5.41, 5.74) is 0.0965. The number of epoxide rings is 1. The zero-order chi connectivity index (χ0) is 16.2. The summed E-state index contributed by atoms with van der Waals surface area (Å²) in [6, 6.07) is 5.96. The number of nitrogens with one attached hydrogen (secondary N) is 1. The van der Waals surface area contributed by atoms with E-state index >= 15 is 0 Å². The summed E-state index contributed by atoms with van der Waals surface area (Å²) in [5.74, 6) is 1.19. The van der Waals surface area contributed by atoms with Gasteiger partial charge < -0.3 is 10.1 Å². The van der Waals surface area contributed by atoms with Gasteiger partial charge in [0.1, 0.15) is 12.3 Å². The quantitative estimate of drug-likeness (QED) is 0.667. The highest BCUT2D eigenvalue weighted by molar-refractivity contribution is 5.26. The Morgan fingerprint density at radius 1 is 1.30 bits per heavy atom. The Morgan fingerprint density at radius 3 is 2.65 bits per heavy atom. The molecule has 4 rings (SSSR count). The van der Waals surface area contributed by atoms with Crippen molar-refractivity contribution >= 4 is 0 Å². The Kier molecular flexibility index (Phi) is 3.51. The number of fused-ring (bicyclic) bond motifs is 1. The van der Waals surface area contributed by atoms with Crippen molar-refractivity contribution < 1.29 is 17.9 Å². The summed E-state index contributed by atoms with van der Waals surface area (Å²) in [6.45, 7) is 6.22. The smallest absolute Gasteiger partial charge is 0.349 e. The lowest BCUT2D eigenvalue weighted by Crippen LogP contribution is -2.33. The van der Waals surface area contributed by atoms with Gasteiger partial charge in [-0.2, -0.15) is 13.2 Å². The molecule has 0 bridgehead atoms. The van der Waals surface area contributed by atoms with Crippen LogP contribution in [0.25, 0.3) is 0 Å². The molecule has 6 heteroatoms. The lowest BCUT2D eigenvalue weighted by molar-refractivity contribution is -0.137. The molecule has 2 aliphatic heterocycles.